The Morgan fingerprint density at radius 1 is 1.30 bits per heavy atom. The average molecular weight is 183 g/mol. The smallest absolute Gasteiger partial charge is 0.339 e. The van der Waals surface area contributed by atoms with Gasteiger partial charge < -0.3 is 8.85 Å². The van der Waals surface area contributed by atoms with Gasteiger partial charge in [-0.2, -0.15) is 0 Å². The fraction of sp³-hybridized carbons (Fsp3) is 1.00. The van der Waals surface area contributed by atoms with Crippen LogP contribution in [0, 0.1) is 0 Å². The summed E-state index contributed by atoms with van der Waals surface area (Å²) in [6.45, 7) is 7.24. The van der Waals surface area contributed by atoms with E-state index >= 15 is 0 Å². The lowest BCUT2D eigenvalue weighted by molar-refractivity contribution is 0.212. The van der Waals surface area contributed by atoms with Crippen LogP contribution in [0.15, 0.2) is 0 Å². The molecule has 2 nitrogen and oxygen atoms in total. The van der Waals surface area contributed by atoms with Crippen LogP contribution in [0.1, 0.15) is 20.8 Å². The van der Waals surface area contributed by atoms with E-state index in [9.17, 15) is 0 Å². The minimum absolute atomic E-state index is 0.0555. The van der Waals surface area contributed by atoms with Gasteiger partial charge in [-0.3, -0.25) is 0 Å². The van der Waals surface area contributed by atoms with Crippen molar-refractivity contribution in [1.29, 1.82) is 0 Å². The second kappa shape index (κ2) is 6.16. The molecule has 0 bridgehead atoms. The fourth-order valence-corrected chi connectivity index (χ4v) is 2.36. The maximum absolute atomic E-state index is 5.81. The molecule has 0 aromatic rings. The van der Waals surface area contributed by atoms with Gasteiger partial charge in [0.2, 0.25) is 0 Å². The number of rotatable bonds is 5. The lowest BCUT2D eigenvalue weighted by Gasteiger charge is -2.15. The van der Waals surface area contributed by atoms with Gasteiger partial charge >= 0.3 is 9.28 Å². The normalized spacial score (nSPS) is 14.1. The van der Waals surface area contributed by atoms with Crippen molar-refractivity contribution in [3.05, 3.63) is 0 Å². The number of hydrogen-bond acceptors (Lipinski definition) is 2. The van der Waals surface area contributed by atoms with Crippen LogP contribution in [0.2, 0.25) is 0 Å². The third kappa shape index (κ3) is 4.28. The van der Waals surface area contributed by atoms with Gasteiger partial charge in [0.15, 0.2) is 0 Å². The van der Waals surface area contributed by atoms with Crippen LogP contribution in [-0.2, 0) is 8.85 Å². The predicted molar refractivity (Wildman–Crippen MR) is 45.7 cm³/mol. The highest BCUT2D eigenvalue weighted by Gasteiger charge is 2.18. The van der Waals surface area contributed by atoms with E-state index in [0.717, 1.165) is 0 Å². The fourth-order valence-electron chi connectivity index (χ4n) is 0.642. The predicted octanol–water partition coefficient (Wildman–Crippen LogP) is 1.45. The van der Waals surface area contributed by atoms with Crippen molar-refractivity contribution in [3.63, 3.8) is 0 Å². The summed E-state index contributed by atoms with van der Waals surface area (Å²) in [5.41, 5.74) is 0. The largest absolute Gasteiger partial charge is 0.396 e. The van der Waals surface area contributed by atoms with Crippen LogP contribution >= 0.6 is 11.6 Å². The van der Waals surface area contributed by atoms with Crippen LogP contribution < -0.4 is 0 Å². The monoisotopic (exact) mass is 182 g/mol. The quantitative estimate of drug-likeness (QED) is 0.474. The zero-order chi connectivity index (χ0) is 7.98. The molecule has 1 atom stereocenters. The minimum atomic E-state index is -1.54. The Bertz CT molecular complexity index is 74.1. The van der Waals surface area contributed by atoms with Crippen LogP contribution in [0.5, 0.6) is 0 Å². The molecule has 0 aromatic carbocycles. The van der Waals surface area contributed by atoms with Gasteiger partial charge in [0.25, 0.3) is 0 Å². The van der Waals surface area contributed by atoms with E-state index in [2.05, 4.69) is 0 Å². The highest BCUT2D eigenvalue weighted by atomic mass is 35.5. The molecule has 0 heterocycles. The first kappa shape index (κ1) is 10.4. The SMILES string of the molecule is CCO[SiH](OCC)C(C)Cl. The molecule has 0 rings (SSSR count). The molecule has 0 radical (unpaired) electrons. The highest BCUT2D eigenvalue weighted by Crippen LogP contribution is 2.02. The van der Waals surface area contributed by atoms with E-state index in [1.807, 2.05) is 20.8 Å². The summed E-state index contributed by atoms with van der Waals surface area (Å²) in [4.78, 5) is 0. The standard InChI is InChI=1S/C6H15ClO2Si/c1-4-8-10(6(3)7)9-5-2/h6,10H,4-5H2,1-3H3. The molecule has 0 aliphatic carbocycles. The molecule has 10 heavy (non-hydrogen) atoms. The van der Waals surface area contributed by atoms with Gasteiger partial charge in [0.05, 0.1) is 5.00 Å². The molecule has 0 saturated carbocycles. The average Bonchev–Trinajstić information content (AvgIpc) is 1.87. The maximum Gasteiger partial charge on any atom is 0.339 e. The molecule has 0 amide bonds. The molecule has 0 fully saturated rings. The van der Waals surface area contributed by atoms with E-state index in [4.69, 9.17) is 20.5 Å². The van der Waals surface area contributed by atoms with E-state index in [-0.39, 0.29) is 5.00 Å². The summed E-state index contributed by atoms with van der Waals surface area (Å²) in [5, 5.41) is 0.0555. The summed E-state index contributed by atoms with van der Waals surface area (Å²) in [6, 6.07) is 0. The molecule has 0 aliphatic heterocycles. The number of alkyl halides is 1. The Morgan fingerprint density at radius 3 is 1.90 bits per heavy atom. The van der Waals surface area contributed by atoms with Crippen LogP contribution in [-0.4, -0.2) is 27.5 Å². The maximum atomic E-state index is 5.81. The van der Waals surface area contributed by atoms with Crippen molar-refractivity contribution >= 4 is 20.9 Å². The summed E-state index contributed by atoms with van der Waals surface area (Å²) in [5.74, 6) is 0. The van der Waals surface area contributed by atoms with Crippen LogP contribution in [0.4, 0.5) is 0 Å². The third-order valence-electron chi connectivity index (χ3n) is 1.04. The zero-order valence-corrected chi connectivity index (χ0v) is 8.67. The van der Waals surface area contributed by atoms with Gasteiger partial charge in [-0.25, -0.2) is 0 Å². The van der Waals surface area contributed by atoms with Gasteiger partial charge in [-0.15, -0.1) is 11.6 Å². The molecule has 0 aromatic heterocycles. The van der Waals surface area contributed by atoms with Crippen LogP contribution in [0.3, 0.4) is 0 Å². The summed E-state index contributed by atoms with van der Waals surface area (Å²) < 4.78 is 10.7. The van der Waals surface area contributed by atoms with Gasteiger partial charge in [-0.1, -0.05) is 0 Å². The van der Waals surface area contributed by atoms with Gasteiger partial charge in [0.1, 0.15) is 0 Å². The first-order chi connectivity index (χ1) is 4.72. The van der Waals surface area contributed by atoms with Crippen molar-refractivity contribution in [2.75, 3.05) is 13.2 Å². The van der Waals surface area contributed by atoms with Crippen LogP contribution in [0.25, 0.3) is 0 Å². The molecule has 4 heteroatoms. The Kier molecular flexibility index (Phi) is 6.42. The number of hydrogen-bond donors (Lipinski definition) is 0. The Hall–Kier alpha value is 0.427. The molecule has 0 N–H and O–H groups in total. The third-order valence-corrected chi connectivity index (χ3v) is 3.73. The Balaban J connectivity index is 3.50. The first-order valence-electron chi connectivity index (χ1n) is 3.59. The van der Waals surface area contributed by atoms with E-state index in [1.165, 1.54) is 0 Å². The molecule has 1 unspecified atom stereocenters. The van der Waals surface area contributed by atoms with E-state index in [0.29, 0.717) is 13.2 Å². The molecule has 62 valence electrons. The first-order valence-corrected chi connectivity index (χ1v) is 5.64. The lowest BCUT2D eigenvalue weighted by Crippen LogP contribution is -2.31. The summed E-state index contributed by atoms with van der Waals surface area (Å²) in [6.07, 6.45) is 0. The molecule has 0 spiro atoms. The molecule has 0 aliphatic rings. The van der Waals surface area contributed by atoms with Crippen molar-refractivity contribution < 1.29 is 8.85 Å². The zero-order valence-electron chi connectivity index (χ0n) is 6.76. The van der Waals surface area contributed by atoms with Gasteiger partial charge in [0, 0.05) is 13.2 Å². The summed E-state index contributed by atoms with van der Waals surface area (Å²) in [7, 11) is -1.54. The second-order valence-electron chi connectivity index (χ2n) is 1.96. The summed E-state index contributed by atoms with van der Waals surface area (Å²) >= 11 is 5.81. The molecule has 0 saturated heterocycles. The molecular weight excluding hydrogens is 168 g/mol. The van der Waals surface area contributed by atoms with E-state index < -0.39 is 9.28 Å². The Morgan fingerprint density at radius 2 is 1.70 bits per heavy atom. The Labute approximate surface area is 69.3 Å². The van der Waals surface area contributed by atoms with Gasteiger partial charge in [-0.05, 0) is 20.8 Å². The van der Waals surface area contributed by atoms with Crippen molar-refractivity contribution in [2.45, 2.75) is 25.8 Å². The van der Waals surface area contributed by atoms with Crippen molar-refractivity contribution in [3.8, 4) is 0 Å². The lowest BCUT2D eigenvalue weighted by atomic mass is 10.9. The topological polar surface area (TPSA) is 18.5 Å². The number of halogens is 1. The molecular formula is C6H15ClO2Si. The van der Waals surface area contributed by atoms with E-state index in [1.54, 1.807) is 0 Å². The minimum Gasteiger partial charge on any atom is -0.396 e. The van der Waals surface area contributed by atoms with Crippen molar-refractivity contribution in [2.24, 2.45) is 0 Å². The highest BCUT2D eigenvalue weighted by molar-refractivity contribution is 6.59. The van der Waals surface area contributed by atoms with Crippen molar-refractivity contribution in [1.82, 2.24) is 0 Å². The second-order valence-corrected chi connectivity index (χ2v) is 5.47.